The molecule has 1 N–H and O–H groups in total. The Kier molecular flexibility index (Phi) is 4.05. The van der Waals surface area contributed by atoms with Crippen LogP contribution in [-0.2, 0) is 24.0 Å². The van der Waals surface area contributed by atoms with Gasteiger partial charge in [-0.3, -0.25) is 0 Å². The van der Waals surface area contributed by atoms with E-state index in [1.54, 1.807) is 0 Å². The Balaban J connectivity index is 2.18. The summed E-state index contributed by atoms with van der Waals surface area (Å²) in [5.74, 6) is 0. The average Bonchev–Trinajstić information content (AvgIpc) is 2.69. The standard InChI is InChI=1S/C13H17F3N2OS/c1-12(2,3)20(19)18-10-6-5-9-8(10)4-7-11(17-9)13(14,15)16/h4,7,10,18H,5-6H2,1-3H3/t10-,20?/m1/s1. The molecule has 0 spiro atoms. The van der Waals surface area contributed by atoms with E-state index in [0.29, 0.717) is 18.5 Å². The Morgan fingerprint density at radius 3 is 2.50 bits per heavy atom. The van der Waals surface area contributed by atoms with E-state index in [2.05, 4.69) is 9.71 Å². The lowest BCUT2D eigenvalue weighted by molar-refractivity contribution is -0.141. The van der Waals surface area contributed by atoms with Crippen LogP contribution in [-0.4, -0.2) is 14.3 Å². The van der Waals surface area contributed by atoms with Gasteiger partial charge in [-0.05, 0) is 45.2 Å². The number of pyridine rings is 1. The zero-order valence-electron chi connectivity index (χ0n) is 11.5. The van der Waals surface area contributed by atoms with Gasteiger partial charge in [0.1, 0.15) is 10.4 Å². The Hall–Kier alpha value is -0.790. The fraction of sp³-hybridized carbons (Fsp3) is 0.615. The van der Waals surface area contributed by atoms with Crippen LogP contribution in [0.15, 0.2) is 12.1 Å². The number of fused-ring (bicyclic) bond motifs is 1. The van der Waals surface area contributed by atoms with Crippen LogP contribution in [0.5, 0.6) is 0 Å². The van der Waals surface area contributed by atoms with Crippen LogP contribution in [0.1, 0.15) is 50.2 Å². The maximum absolute atomic E-state index is 12.6. The molecule has 0 aromatic carbocycles. The van der Waals surface area contributed by atoms with E-state index < -0.39 is 28.0 Å². The van der Waals surface area contributed by atoms with Crippen LogP contribution in [0.25, 0.3) is 0 Å². The molecule has 0 aliphatic heterocycles. The molecule has 1 heterocycles. The summed E-state index contributed by atoms with van der Waals surface area (Å²) in [5, 5.41) is 0. The van der Waals surface area contributed by atoms with E-state index in [-0.39, 0.29) is 6.04 Å². The first-order valence-corrected chi connectivity index (χ1v) is 7.49. The molecule has 1 aliphatic carbocycles. The summed E-state index contributed by atoms with van der Waals surface area (Å²) in [4.78, 5) is 3.68. The summed E-state index contributed by atoms with van der Waals surface area (Å²) < 4.78 is 52.4. The van der Waals surface area contributed by atoms with Crippen LogP contribution in [0.2, 0.25) is 0 Å². The monoisotopic (exact) mass is 306 g/mol. The number of rotatable bonds is 2. The lowest BCUT2D eigenvalue weighted by atomic mass is 10.1. The predicted octanol–water partition coefficient (Wildman–Crippen LogP) is 3.14. The minimum atomic E-state index is -4.42. The van der Waals surface area contributed by atoms with Gasteiger partial charge in [-0.15, -0.1) is 4.72 Å². The minimum Gasteiger partial charge on any atom is -0.598 e. The van der Waals surface area contributed by atoms with Crippen LogP contribution in [0.3, 0.4) is 0 Å². The molecule has 0 saturated carbocycles. The van der Waals surface area contributed by atoms with E-state index in [4.69, 9.17) is 0 Å². The molecular weight excluding hydrogens is 289 g/mol. The first-order chi connectivity index (χ1) is 9.09. The molecule has 1 aliphatic rings. The van der Waals surface area contributed by atoms with Crippen molar-refractivity contribution in [3.8, 4) is 0 Å². The van der Waals surface area contributed by atoms with E-state index in [1.165, 1.54) is 6.07 Å². The maximum atomic E-state index is 12.6. The number of aryl methyl sites for hydroxylation is 1. The Labute approximate surface area is 119 Å². The second-order valence-electron chi connectivity index (χ2n) is 5.82. The van der Waals surface area contributed by atoms with Crippen LogP contribution in [0.4, 0.5) is 13.2 Å². The first-order valence-electron chi connectivity index (χ1n) is 6.34. The van der Waals surface area contributed by atoms with E-state index in [0.717, 1.165) is 11.6 Å². The van der Waals surface area contributed by atoms with Crippen molar-refractivity contribution < 1.29 is 17.7 Å². The highest BCUT2D eigenvalue weighted by Gasteiger charge is 2.37. The van der Waals surface area contributed by atoms with Gasteiger partial charge < -0.3 is 4.55 Å². The van der Waals surface area contributed by atoms with Crippen molar-refractivity contribution in [1.82, 2.24) is 9.71 Å². The van der Waals surface area contributed by atoms with Crippen molar-refractivity contribution in [2.24, 2.45) is 0 Å². The summed E-state index contributed by atoms with van der Waals surface area (Å²) in [6.45, 7) is 5.53. The predicted molar refractivity (Wildman–Crippen MR) is 71.3 cm³/mol. The molecule has 1 aromatic rings. The third-order valence-corrected chi connectivity index (χ3v) is 4.76. The van der Waals surface area contributed by atoms with Crippen LogP contribution < -0.4 is 4.72 Å². The van der Waals surface area contributed by atoms with E-state index >= 15 is 0 Å². The Morgan fingerprint density at radius 2 is 1.95 bits per heavy atom. The molecule has 0 bridgehead atoms. The highest BCUT2D eigenvalue weighted by atomic mass is 32.2. The number of hydrogen-bond acceptors (Lipinski definition) is 3. The van der Waals surface area contributed by atoms with E-state index in [1.807, 2.05) is 20.8 Å². The smallest absolute Gasteiger partial charge is 0.433 e. The van der Waals surface area contributed by atoms with Crippen molar-refractivity contribution in [2.45, 2.75) is 50.6 Å². The first kappa shape index (κ1) is 15.6. The van der Waals surface area contributed by atoms with Gasteiger partial charge in [0.05, 0.1) is 6.04 Å². The normalized spacial score (nSPS) is 20.9. The second-order valence-corrected chi connectivity index (χ2v) is 7.82. The van der Waals surface area contributed by atoms with Gasteiger partial charge in [0.15, 0.2) is 0 Å². The van der Waals surface area contributed by atoms with Crippen molar-refractivity contribution in [2.75, 3.05) is 0 Å². The maximum Gasteiger partial charge on any atom is 0.433 e. The molecule has 112 valence electrons. The van der Waals surface area contributed by atoms with Gasteiger partial charge in [-0.2, -0.15) is 13.2 Å². The summed E-state index contributed by atoms with van der Waals surface area (Å²) in [5.41, 5.74) is 0.299. The molecule has 2 rings (SSSR count). The third-order valence-electron chi connectivity index (χ3n) is 3.15. The largest absolute Gasteiger partial charge is 0.598 e. The fourth-order valence-corrected chi connectivity index (χ4v) is 2.91. The molecule has 7 heteroatoms. The van der Waals surface area contributed by atoms with Crippen molar-refractivity contribution >= 4 is 11.4 Å². The van der Waals surface area contributed by atoms with Crippen LogP contribution >= 0.6 is 0 Å². The highest BCUT2D eigenvalue weighted by molar-refractivity contribution is 7.90. The second kappa shape index (κ2) is 5.20. The van der Waals surface area contributed by atoms with Gasteiger partial charge >= 0.3 is 6.18 Å². The van der Waals surface area contributed by atoms with Crippen LogP contribution in [0, 0.1) is 0 Å². The van der Waals surface area contributed by atoms with Crippen molar-refractivity contribution in [3.63, 3.8) is 0 Å². The molecule has 0 saturated heterocycles. The van der Waals surface area contributed by atoms with E-state index in [9.17, 15) is 17.7 Å². The molecule has 20 heavy (non-hydrogen) atoms. The fourth-order valence-electron chi connectivity index (χ4n) is 2.05. The summed E-state index contributed by atoms with van der Waals surface area (Å²) in [6.07, 6.45) is -3.33. The quantitative estimate of drug-likeness (QED) is 0.854. The summed E-state index contributed by atoms with van der Waals surface area (Å²) >= 11 is -1.26. The molecule has 1 unspecified atom stereocenters. The van der Waals surface area contributed by atoms with Gasteiger partial charge in [-0.1, -0.05) is 6.07 Å². The zero-order valence-corrected chi connectivity index (χ0v) is 12.4. The van der Waals surface area contributed by atoms with Gasteiger partial charge in [0.25, 0.3) is 0 Å². The van der Waals surface area contributed by atoms with Gasteiger partial charge in [0.2, 0.25) is 0 Å². The highest BCUT2D eigenvalue weighted by Crippen LogP contribution is 2.35. The Morgan fingerprint density at radius 1 is 1.30 bits per heavy atom. The lowest BCUT2D eigenvalue weighted by Gasteiger charge is -2.26. The van der Waals surface area contributed by atoms with Gasteiger partial charge in [0, 0.05) is 17.1 Å². The number of nitrogens with zero attached hydrogens (tertiary/aromatic N) is 1. The zero-order chi connectivity index (χ0) is 15.1. The molecule has 1 aromatic heterocycles. The number of aromatic nitrogens is 1. The molecule has 0 fully saturated rings. The third kappa shape index (κ3) is 3.27. The number of alkyl halides is 3. The molecule has 2 atom stereocenters. The molecular formula is C13H17F3N2OS. The summed E-state index contributed by atoms with van der Waals surface area (Å²) in [7, 11) is 0. The number of nitrogens with one attached hydrogen (secondary N) is 1. The topological polar surface area (TPSA) is 48.0 Å². The SMILES string of the molecule is CC(C)(C)[S+]([O-])N[C@@H]1CCc2nc(C(F)(F)F)ccc21. The Bertz CT molecular complexity index is 499. The van der Waals surface area contributed by atoms with Crippen molar-refractivity contribution in [3.05, 3.63) is 29.1 Å². The number of hydrogen-bond donors (Lipinski definition) is 1. The minimum absolute atomic E-state index is 0.195. The van der Waals surface area contributed by atoms with Gasteiger partial charge in [-0.25, -0.2) is 4.98 Å². The number of halogens is 3. The summed E-state index contributed by atoms with van der Waals surface area (Å²) in [6, 6.07) is 2.23. The molecule has 0 radical (unpaired) electrons. The lowest BCUT2D eigenvalue weighted by Crippen LogP contribution is -2.40. The average molecular weight is 306 g/mol. The van der Waals surface area contributed by atoms with Crippen molar-refractivity contribution in [1.29, 1.82) is 0 Å². The molecule has 3 nitrogen and oxygen atoms in total. The molecule has 0 amide bonds.